The quantitative estimate of drug-likeness (QED) is 0.842. The number of amides is 1. The molecule has 5 nitrogen and oxygen atoms in total. The third-order valence-electron chi connectivity index (χ3n) is 2.52. The Morgan fingerprint density at radius 3 is 3.00 bits per heavy atom. The molecule has 0 radical (unpaired) electrons. The maximum atomic E-state index is 11.7. The van der Waals surface area contributed by atoms with Gasteiger partial charge in [-0.25, -0.2) is 0 Å². The highest BCUT2D eigenvalue weighted by atomic mass is 79.9. The van der Waals surface area contributed by atoms with E-state index < -0.39 is 0 Å². The van der Waals surface area contributed by atoms with Crippen molar-refractivity contribution in [2.24, 2.45) is 0 Å². The molecule has 0 atom stereocenters. The predicted octanol–water partition coefficient (Wildman–Crippen LogP) is 2.97. The van der Waals surface area contributed by atoms with E-state index in [4.69, 9.17) is 10.5 Å². The van der Waals surface area contributed by atoms with E-state index in [2.05, 4.69) is 26.2 Å². The van der Waals surface area contributed by atoms with E-state index >= 15 is 0 Å². The highest BCUT2D eigenvalue weighted by Crippen LogP contribution is 2.33. The van der Waals surface area contributed by atoms with Gasteiger partial charge in [0.1, 0.15) is 17.2 Å². The fraction of sp³-hybridized carbons (Fsp3) is 0.143. The van der Waals surface area contributed by atoms with Gasteiger partial charge in [0.2, 0.25) is 0 Å². The SMILES string of the molecule is CCNC(=O)c1cc(Oc2cccc(N)c2Br)ccn1. The second kappa shape index (κ2) is 6.38. The first kappa shape index (κ1) is 14.3. The van der Waals surface area contributed by atoms with Gasteiger partial charge in [-0.1, -0.05) is 6.07 Å². The summed E-state index contributed by atoms with van der Waals surface area (Å²) in [4.78, 5) is 15.7. The third-order valence-corrected chi connectivity index (χ3v) is 3.37. The molecule has 0 bridgehead atoms. The molecule has 1 heterocycles. The monoisotopic (exact) mass is 335 g/mol. The Labute approximate surface area is 125 Å². The third kappa shape index (κ3) is 3.27. The van der Waals surface area contributed by atoms with Crippen LogP contribution in [0.5, 0.6) is 11.5 Å². The zero-order valence-corrected chi connectivity index (χ0v) is 12.5. The zero-order chi connectivity index (χ0) is 14.5. The summed E-state index contributed by atoms with van der Waals surface area (Å²) in [6.45, 7) is 2.40. The topological polar surface area (TPSA) is 77.2 Å². The smallest absolute Gasteiger partial charge is 0.270 e. The molecule has 2 rings (SSSR count). The summed E-state index contributed by atoms with van der Waals surface area (Å²) in [5, 5.41) is 2.69. The van der Waals surface area contributed by atoms with Crippen molar-refractivity contribution in [1.82, 2.24) is 10.3 Å². The summed E-state index contributed by atoms with van der Waals surface area (Å²) < 4.78 is 6.39. The van der Waals surface area contributed by atoms with E-state index in [1.54, 1.807) is 30.3 Å². The van der Waals surface area contributed by atoms with E-state index in [0.717, 1.165) is 0 Å². The van der Waals surface area contributed by atoms with Crippen molar-refractivity contribution in [2.45, 2.75) is 6.92 Å². The van der Waals surface area contributed by atoms with Crippen LogP contribution in [0.1, 0.15) is 17.4 Å². The summed E-state index contributed by atoms with van der Waals surface area (Å²) in [6, 6.07) is 8.61. The van der Waals surface area contributed by atoms with Crippen LogP contribution in [0.3, 0.4) is 0 Å². The van der Waals surface area contributed by atoms with Crippen LogP contribution in [0.4, 0.5) is 5.69 Å². The molecule has 0 unspecified atom stereocenters. The molecule has 1 amide bonds. The van der Waals surface area contributed by atoms with E-state index in [1.807, 2.05) is 6.92 Å². The van der Waals surface area contributed by atoms with Crippen molar-refractivity contribution in [1.29, 1.82) is 0 Å². The van der Waals surface area contributed by atoms with Gasteiger partial charge in [-0.15, -0.1) is 0 Å². The van der Waals surface area contributed by atoms with Crippen LogP contribution in [-0.4, -0.2) is 17.4 Å². The molecular weight excluding hydrogens is 322 g/mol. The first-order valence-electron chi connectivity index (χ1n) is 6.08. The van der Waals surface area contributed by atoms with E-state index in [0.29, 0.717) is 33.9 Å². The lowest BCUT2D eigenvalue weighted by atomic mass is 10.3. The van der Waals surface area contributed by atoms with Crippen molar-refractivity contribution in [3.8, 4) is 11.5 Å². The van der Waals surface area contributed by atoms with Gasteiger partial charge in [-0.2, -0.15) is 0 Å². The molecule has 0 aliphatic carbocycles. The van der Waals surface area contributed by atoms with Crippen LogP contribution in [0.15, 0.2) is 41.0 Å². The number of nitrogens with zero attached hydrogens (tertiary/aromatic N) is 1. The van der Waals surface area contributed by atoms with Crippen LogP contribution in [0, 0.1) is 0 Å². The molecule has 2 aromatic rings. The summed E-state index contributed by atoms with van der Waals surface area (Å²) in [5.41, 5.74) is 6.68. The molecule has 20 heavy (non-hydrogen) atoms. The molecule has 104 valence electrons. The number of nitrogen functional groups attached to an aromatic ring is 1. The number of pyridine rings is 1. The lowest BCUT2D eigenvalue weighted by Gasteiger charge is -2.10. The fourth-order valence-corrected chi connectivity index (χ4v) is 1.93. The largest absolute Gasteiger partial charge is 0.456 e. The zero-order valence-electron chi connectivity index (χ0n) is 10.9. The van der Waals surface area contributed by atoms with Gasteiger partial charge in [-0.3, -0.25) is 9.78 Å². The molecule has 0 spiro atoms. The van der Waals surface area contributed by atoms with Gasteiger partial charge in [0.05, 0.1) is 4.47 Å². The fourth-order valence-electron chi connectivity index (χ4n) is 1.58. The lowest BCUT2D eigenvalue weighted by Crippen LogP contribution is -2.23. The number of aromatic nitrogens is 1. The van der Waals surface area contributed by atoms with Gasteiger partial charge in [0, 0.05) is 24.5 Å². The Hall–Kier alpha value is -2.08. The Morgan fingerprint density at radius 1 is 1.45 bits per heavy atom. The second-order valence-electron chi connectivity index (χ2n) is 4.00. The number of nitrogens with one attached hydrogen (secondary N) is 1. The molecule has 3 N–H and O–H groups in total. The molecule has 0 aliphatic heterocycles. The summed E-state index contributed by atoms with van der Waals surface area (Å²) in [6.07, 6.45) is 1.53. The second-order valence-corrected chi connectivity index (χ2v) is 4.79. The minimum absolute atomic E-state index is 0.232. The van der Waals surface area contributed by atoms with Crippen LogP contribution in [0.2, 0.25) is 0 Å². The van der Waals surface area contributed by atoms with Crippen molar-refractivity contribution in [3.05, 3.63) is 46.7 Å². The number of carbonyl (C=O) groups is 1. The number of benzene rings is 1. The average Bonchev–Trinajstić information content (AvgIpc) is 2.44. The first-order valence-corrected chi connectivity index (χ1v) is 6.87. The maximum Gasteiger partial charge on any atom is 0.270 e. The highest BCUT2D eigenvalue weighted by Gasteiger charge is 2.09. The molecule has 0 aliphatic rings. The molecule has 0 saturated heterocycles. The Morgan fingerprint density at radius 2 is 2.25 bits per heavy atom. The van der Waals surface area contributed by atoms with Gasteiger partial charge in [-0.05, 0) is 41.1 Å². The lowest BCUT2D eigenvalue weighted by molar-refractivity contribution is 0.0950. The Balaban J connectivity index is 2.24. The number of hydrogen-bond donors (Lipinski definition) is 2. The van der Waals surface area contributed by atoms with E-state index in [9.17, 15) is 4.79 Å². The summed E-state index contributed by atoms with van der Waals surface area (Å²) >= 11 is 3.37. The van der Waals surface area contributed by atoms with Crippen LogP contribution in [0.25, 0.3) is 0 Å². The van der Waals surface area contributed by atoms with Crippen LogP contribution >= 0.6 is 15.9 Å². The predicted molar refractivity (Wildman–Crippen MR) is 80.9 cm³/mol. The number of hydrogen-bond acceptors (Lipinski definition) is 4. The Bertz CT molecular complexity index is 632. The van der Waals surface area contributed by atoms with Crippen molar-refractivity contribution < 1.29 is 9.53 Å². The minimum Gasteiger partial charge on any atom is -0.456 e. The number of ether oxygens (including phenoxy) is 1. The van der Waals surface area contributed by atoms with Crippen LogP contribution < -0.4 is 15.8 Å². The number of halogens is 1. The van der Waals surface area contributed by atoms with Gasteiger partial charge >= 0.3 is 0 Å². The van der Waals surface area contributed by atoms with E-state index in [1.165, 1.54) is 6.20 Å². The number of nitrogens with two attached hydrogens (primary N) is 1. The molecule has 1 aromatic carbocycles. The van der Waals surface area contributed by atoms with Crippen molar-refractivity contribution in [2.75, 3.05) is 12.3 Å². The van der Waals surface area contributed by atoms with Gasteiger partial charge < -0.3 is 15.8 Å². The van der Waals surface area contributed by atoms with E-state index in [-0.39, 0.29) is 5.91 Å². The number of rotatable bonds is 4. The summed E-state index contributed by atoms with van der Waals surface area (Å²) in [5.74, 6) is 0.871. The summed E-state index contributed by atoms with van der Waals surface area (Å²) in [7, 11) is 0. The number of anilines is 1. The maximum absolute atomic E-state index is 11.7. The molecule has 6 heteroatoms. The Kier molecular flexibility index (Phi) is 4.57. The van der Waals surface area contributed by atoms with Crippen molar-refractivity contribution in [3.63, 3.8) is 0 Å². The molecular formula is C14H14BrN3O2. The average molecular weight is 336 g/mol. The van der Waals surface area contributed by atoms with Gasteiger partial charge in [0.25, 0.3) is 5.91 Å². The first-order chi connectivity index (χ1) is 9.61. The number of carbonyl (C=O) groups excluding carboxylic acids is 1. The minimum atomic E-state index is -0.232. The standard InChI is InChI=1S/C14H14BrN3O2/c1-2-17-14(19)11-8-9(6-7-18-11)20-12-5-3-4-10(16)13(12)15/h3-8H,2,16H2,1H3,(H,17,19). The van der Waals surface area contributed by atoms with Crippen molar-refractivity contribution >= 4 is 27.5 Å². The van der Waals surface area contributed by atoms with Gasteiger partial charge in [0.15, 0.2) is 0 Å². The molecule has 0 fully saturated rings. The van der Waals surface area contributed by atoms with Crippen LogP contribution in [-0.2, 0) is 0 Å². The molecule has 1 aromatic heterocycles. The normalized spacial score (nSPS) is 10.1. The molecule has 0 saturated carbocycles. The highest BCUT2D eigenvalue weighted by molar-refractivity contribution is 9.10.